The highest BCUT2D eigenvalue weighted by Crippen LogP contribution is 2.30. The van der Waals surface area contributed by atoms with E-state index in [1.807, 2.05) is 0 Å². The number of para-hydroxylation sites is 1. The number of hydrogen-bond donors (Lipinski definition) is 1. The standard InChI is InChI=1S/C14H15N3S/c1-17-8-11(10-4-2-3-5-13(10)17)12-9-18-14(16-12)6-7-15/h2-5,8-9H,6-7,15H2,1H3. The van der Waals surface area contributed by atoms with Crippen molar-refractivity contribution in [2.24, 2.45) is 12.8 Å². The summed E-state index contributed by atoms with van der Waals surface area (Å²) >= 11 is 1.69. The molecule has 0 aliphatic heterocycles. The highest BCUT2D eigenvalue weighted by atomic mass is 32.1. The van der Waals surface area contributed by atoms with Crippen LogP contribution in [0.25, 0.3) is 22.2 Å². The van der Waals surface area contributed by atoms with Crippen LogP contribution in [0.15, 0.2) is 35.8 Å². The summed E-state index contributed by atoms with van der Waals surface area (Å²) in [7, 11) is 2.07. The molecule has 0 aliphatic carbocycles. The van der Waals surface area contributed by atoms with Gasteiger partial charge in [0.05, 0.1) is 10.7 Å². The molecule has 0 amide bonds. The van der Waals surface area contributed by atoms with Crippen molar-refractivity contribution in [1.29, 1.82) is 0 Å². The molecule has 0 unspecified atom stereocenters. The third kappa shape index (κ3) is 1.83. The lowest BCUT2D eigenvalue weighted by atomic mass is 10.1. The first kappa shape index (κ1) is 11.4. The van der Waals surface area contributed by atoms with Gasteiger partial charge in [-0.15, -0.1) is 11.3 Å². The Morgan fingerprint density at radius 3 is 3.00 bits per heavy atom. The van der Waals surface area contributed by atoms with Gasteiger partial charge in [0, 0.05) is 41.5 Å². The van der Waals surface area contributed by atoms with Crippen molar-refractivity contribution in [1.82, 2.24) is 9.55 Å². The van der Waals surface area contributed by atoms with Crippen molar-refractivity contribution < 1.29 is 0 Å². The maximum absolute atomic E-state index is 5.57. The Balaban J connectivity index is 2.13. The Morgan fingerprint density at radius 2 is 2.17 bits per heavy atom. The van der Waals surface area contributed by atoms with Gasteiger partial charge in [0.1, 0.15) is 0 Å². The van der Waals surface area contributed by atoms with E-state index < -0.39 is 0 Å². The summed E-state index contributed by atoms with van der Waals surface area (Å²) in [5.41, 5.74) is 9.06. The van der Waals surface area contributed by atoms with Gasteiger partial charge in [0.25, 0.3) is 0 Å². The van der Waals surface area contributed by atoms with E-state index in [1.54, 1.807) is 11.3 Å². The van der Waals surface area contributed by atoms with Crippen molar-refractivity contribution in [3.8, 4) is 11.3 Å². The molecule has 92 valence electrons. The number of nitrogens with two attached hydrogens (primary N) is 1. The first-order valence-corrected chi connectivity index (χ1v) is 6.86. The first-order valence-electron chi connectivity index (χ1n) is 5.98. The predicted molar refractivity (Wildman–Crippen MR) is 76.8 cm³/mol. The van der Waals surface area contributed by atoms with Gasteiger partial charge in [-0.25, -0.2) is 4.98 Å². The minimum atomic E-state index is 0.655. The summed E-state index contributed by atoms with van der Waals surface area (Å²) in [5.74, 6) is 0. The van der Waals surface area contributed by atoms with Crippen LogP contribution >= 0.6 is 11.3 Å². The molecule has 0 spiro atoms. The molecule has 0 aliphatic rings. The minimum Gasteiger partial charge on any atom is -0.350 e. The van der Waals surface area contributed by atoms with Gasteiger partial charge in [-0.05, 0) is 12.6 Å². The lowest BCUT2D eigenvalue weighted by molar-refractivity contribution is 0.952. The fourth-order valence-corrected chi connectivity index (χ4v) is 3.03. The van der Waals surface area contributed by atoms with E-state index in [9.17, 15) is 0 Å². The molecule has 2 aromatic heterocycles. The topological polar surface area (TPSA) is 43.8 Å². The van der Waals surface area contributed by atoms with Crippen molar-refractivity contribution >= 4 is 22.2 Å². The van der Waals surface area contributed by atoms with Gasteiger partial charge < -0.3 is 10.3 Å². The van der Waals surface area contributed by atoms with Gasteiger partial charge >= 0.3 is 0 Å². The Morgan fingerprint density at radius 1 is 1.33 bits per heavy atom. The number of thiazole rings is 1. The third-order valence-corrected chi connectivity index (χ3v) is 3.99. The molecule has 0 saturated carbocycles. The normalized spacial score (nSPS) is 11.2. The van der Waals surface area contributed by atoms with Crippen LogP contribution in [0.1, 0.15) is 5.01 Å². The molecule has 3 nitrogen and oxygen atoms in total. The molecule has 0 fully saturated rings. The smallest absolute Gasteiger partial charge is 0.0945 e. The van der Waals surface area contributed by atoms with E-state index in [-0.39, 0.29) is 0 Å². The summed E-state index contributed by atoms with van der Waals surface area (Å²) in [6, 6.07) is 8.41. The molecule has 3 aromatic rings. The summed E-state index contributed by atoms with van der Waals surface area (Å²) in [6.07, 6.45) is 3.00. The fraction of sp³-hybridized carbons (Fsp3) is 0.214. The van der Waals surface area contributed by atoms with Gasteiger partial charge in [-0.2, -0.15) is 0 Å². The molecule has 3 rings (SSSR count). The van der Waals surface area contributed by atoms with E-state index >= 15 is 0 Å². The average Bonchev–Trinajstić information content (AvgIpc) is 2.96. The van der Waals surface area contributed by atoms with E-state index in [1.165, 1.54) is 16.5 Å². The maximum atomic E-state index is 5.57. The van der Waals surface area contributed by atoms with Gasteiger partial charge in [-0.1, -0.05) is 18.2 Å². The number of hydrogen-bond acceptors (Lipinski definition) is 3. The largest absolute Gasteiger partial charge is 0.350 e. The number of aryl methyl sites for hydroxylation is 1. The van der Waals surface area contributed by atoms with E-state index in [2.05, 4.69) is 52.4 Å². The zero-order valence-electron chi connectivity index (χ0n) is 10.3. The SMILES string of the molecule is Cn1cc(-c2csc(CCN)n2)c2ccccc21. The predicted octanol–water partition coefficient (Wildman–Crippen LogP) is 2.80. The average molecular weight is 257 g/mol. The molecule has 0 saturated heterocycles. The van der Waals surface area contributed by atoms with Crippen LogP contribution < -0.4 is 5.73 Å². The summed E-state index contributed by atoms with van der Waals surface area (Å²) < 4.78 is 2.15. The molecule has 4 heteroatoms. The summed E-state index contributed by atoms with van der Waals surface area (Å²) in [5, 5.41) is 4.48. The zero-order valence-corrected chi connectivity index (χ0v) is 11.1. The second-order valence-corrected chi connectivity index (χ2v) is 5.28. The molecule has 2 heterocycles. The number of fused-ring (bicyclic) bond motifs is 1. The molecule has 2 N–H and O–H groups in total. The molecule has 0 atom stereocenters. The molecule has 0 bridgehead atoms. The lowest BCUT2D eigenvalue weighted by Gasteiger charge is -1.94. The number of benzene rings is 1. The van der Waals surface area contributed by atoms with E-state index in [4.69, 9.17) is 5.73 Å². The fourth-order valence-electron chi connectivity index (χ4n) is 2.22. The maximum Gasteiger partial charge on any atom is 0.0945 e. The van der Waals surface area contributed by atoms with Gasteiger partial charge in [0.2, 0.25) is 0 Å². The Labute approximate surface area is 110 Å². The monoisotopic (exact) mass is 257 g/mol. The Bertz CT molecular complexity index is 681. The molecular formula is C14H15N3S. The van der Waals surface area contributed by atoms with Crippen LogP contribution in [0.5, 0.6) is 0 Å². The minimum absolute atomic E-state index is 0.655. The quantitative estimate of drug-likeness (QED) is 0.784. The van der Waals surface area contributed by atoms with Crippen LogP contribution in [0, 0.1) is 0 Å². The van der Waals surface area contributed by atoms with Crippen LogP contribution in [0.4, 0.5) is 0 Å². The second kappa shape index (κ2) is 4.55. The van der Waals surface area contributed by atoms with Crippen LogP contribution in [0.2, 0.25) is 0 Å². The van der Waals surface area contributed by atoms with Gasteiger partial charge in [-0.3, -0.25) is 0 Å². The highest BCUT2D eigenvalue weighted by molar-refractivity contribution is 7.10. The van der Waals surface area contributed by atoms with E-state index in [0.717, 1.165) is 17.1 Å². The summed E-state index contributed by atoms with van der Waals surface area (Å²) in [4.78, 5) is 4.66. The van der Waals surface area contributed by atoms with E-state index in [0.29, 0.717) is 6.54 Å². The number of nitrogens with zero attached hydrogens (tertiary/aromatic N) is 2. The second-order valence-electron chi connectivity index (χ2n) is 4.34. The van der Waals surface area contributed by atoms with Crippen LogP contribution in [-0.2, 0) is 13.5 Å². The molecule has 0 radical (unpaired) electrons. The zero-order chi connectivity index (χ0) is 12.5. The Hall–Kier alpha value is -1.65. The van der Waals surface area contributed by atoms with Crippen molar-refractivity contribution in [3.63, 3.8) is 0 Å². The number of rotatable bonds is 3. The van der Waals surface area contributed by atoms with Crippen molar-refractivity contribution in [3.05, 3.63) is 40.8 Å². The first-order chi connectivity index (χ1) is 8.79. The number of aromatic nitrogens is 2. The molecule has 1 aromatic carbocycles. The highest BCUT2D eigenvalue weighted by Gasteiger charge is 2.10. The van der Waals surface area contributed by atoms with Crippen LogP contribution in [-0.4, -0.2) is 16.1 Å². The van der Waals surface area contributed by atoms with Crippen molar-refractivity contribution in [2.75, 3.05) is 6.54 Å². The van der Waals surface area contributed by atoms with Crippen molar-refractivity contribution in [2.45, 2.75) is 6.42 Å². The molecular weight excluding hydrogens is 242 g/mol. The molecule has 18 heavy (non-hydrogen) atoms. The van der Waals surface area contributed by atoms with Gasteiger partial charge in [0.15, 0.2) is 0 Å². The summed E-state index contributed by atoms with van der Waals surface area (Å²) in [6.45, 7) is 0.655. The third-order valence-electron chi connectivity index (χ3n) is 3.08. The van der Waals surface area contributed by atoms with Crippen LogP contribution in [0.3, 0.4) is 0 Å². The lowest BCUT2D eigenvalue weighted by Crippen LogP contribution is -2.01. The Kier molecular flexibility index (Phi) is 2.89.